The van der Waals surface area contributed by atoms with E-state index in [1.165, 1.54) is 12.1 Å². The van der Waals surface area contributed by atoms with Gasteiger partial charge >= 0.3 is 13.8 Å². The van der Waals surface area contributed by atoms with Crippen LogP contribution in [0.1, 0.15) is 61.4 Å². The van der Waals surface area contributed by atoms with E-state index in [-0.39, 0.29) is 36.0 Å². The number of carbonyl (C=O) groups is 2. The molecule has 37 heavy (non-hydrogen) atoms. The topological polar surface area (TPSA) is 155 Å². The molecule has 4 N–H and O–H groups in total. The number of hydroxylamine groups is 1. The van der Waals surface area contributed by atoms with Crippen LogP contribution in [0.25, 0.3) is 6.08 Å². The van der Waals surface area contributed by atoms with E-state index in [2.05, 4.69) is 10.0 Å². The molecule has 0 aromatic heterocycles. The summed E-state index contributed by atoms with van der Waals surface area (Å²) in [4.78, 5) is 50.9. The monoisotopic (exact) mass is 536 g/mol. The first-order valence-electron chi connectivity index (χ1n) is 12.1. The number of aromatic hydroxyl groups is 1. The number of nitrogens with zero attached hydrogens (tertiary/aromatic N) is 1. The highest BCUT2D eigenvalue weighted by Gasteiger charge is 2.23. The molecule has 0 aliphatic carbocycles. The average Bonchev–Trinajstić information content (AvgIpc) is 2.82. The molecule has 0 bridgehead atoms. The van der Waals surface area contributed by atoms with Crippen LogP contribution in [0, 0.1) is 0 Å². The lowest BCUT2D eigenvalue weighted by atomic mass is 10.0. The second-order valence-corrected chi connectivity index (χ2v) is 10.0. The van der Waals surface area contributed by atoms with Crippen molar-refractivity contribution in [2.75, 3.05) is 26.3 Å². The van der Waals surface area contributed by atoms with E-state index >= 15 is 0 Å². The van der Waals surface area contributed by atoms with E-state index in [1.54, 1.807) is 11.0 Å². The third-order valence-electron chi connectivity index (χ3n) is 5.75. The van der Waals surface area contributed by atoms with Gasteiger partial charge in [0.25, 0.3) is 5.91 Å². The highest BCUT2D eigenvalue weighted by Crippen LogP contribution is 2.40. The quantitative estimate of drug-likeness (QED) is 0.183. The fourth-order valence-corrected chi connectivity index (χ4v) is 4.39. The Morgan fingerprint density at radius 2 is 1.86 bits per heavy atom. The van der Waals surface area contributed by atoms with Gasteiger partial charge < -0.3 is 19.3 Å². The van der Waals surface area contributed by atoms with Crippen LogP contribution in [0.2, 0.25) is 0 Å². The van der Waals surface area contributed by atoms with Gasteiger partial charge in [0.2, 0.25) is 0 Å². The van der Waals surface area contributed by atoms with Crippen LogP contribution in [0.4, 0.5) is 0 Å². The van der Waals surface area contributed by atoms with Crippen LogP contribution in [0.3, 0.4) is 0 Å². The number of rotatable bonds is 6. The molecule has 2 aliphatic heterocycles. The SMILES string of the molecule is C/C1=C\C(NOCC(=O)N2CCCCC2)=C\c2cc(OP(=O)(O)O)cc(O)c2C(=O)OCCC=CCC1. The molecular weight excluding hydrogens is 503 g/mol. The summed E-state index contributed by atoms with van der Waals surface area (Å²) in [6, 6.07) is 2.13. The second-order valence-electron chi connectivity index (χ2n) is 8.85. The standard InChI is InChI=1S/C25H33N2O9P/c1-18-9-5-2-3-8-12-34-25(30)24-19(15-21(16-22(24)28)36-37(31,32)33)14-20(13-18)26-35-17-23(29)27-10-6-4-7-11-27/h2-3,13-16,26,28H,4-12,17H2,1H3,(H2,31,32,33)/b3-2?,18-13+,20-14-. The Balaban J connectivity index is 1.95. The van der Waals surface area contributed by atoms with E-state index in [9.17, 15) is 29.0 Å². The third kappa shape index (κ3) is 9.36. The maximum Gasteiger partial charge on any atom is 0.524 e. The highest BCUT2D eigenvalue weighted by atomic mass is 31.2. The summed E-state index contributed by atoms with van der Waals surface area (Å²) in [6.07, 6.45) is 12.1. The van der Waals surface area contributed by atoms with Crippen molar-refractivity contribution in [3.05, 3.63) is 52.8 Å². The molecule has 1 aromatic rings. The fraction of sp³-hybridized carbons (Fsp3) is 0.440. The van der Waals surface area contributed by atoms with Crippen LogP contribution in [-0.4, -0.2) is 58.0 Å². The number of hydrogen-bond acceptors (Lipinski definition) is 8. The van der Waals surface area contributed by atoms with Crippen molar-refractivity contribution in [1.82, 2.24) is 10.4 Å². The number of phosphoric acid groups is 1. The van der Waals surface area contributed by atoms with E-state index in [0.29, 0.717) is 25.2 Å². The lowest BCUT2D eigenvalue weighted by molar-refractivity contribution is -0.139. The molecule has 1 saturated heterocycles. The molecule has 3 rings (SSSR count). The van der Waals surface area contributed by atoms with E-state index in [0.717, 1.165) is 43.7 Å². The Labute approximate surface area is 215 Å². The van der Waals surface area contributed by atoms with Crippen LogP contribution in [0.15, 0.2) is 41.6 Å². The molecule has 1 fully saturated rings. The molecule has 11 nitrogen and oxygen atoms in total. The lowest BCUT2D eigenvalue weighted by Gasteiger charge is -2.26. The van der Waals surface area contributed by atoms with Gasteiger partial charge in [-0.25, -0.2) is 9.36 Å². The summed E-state index contributed by atoms with van der Waals surface area (Å²) in [5, 5.41) is 10.5. The zero-order valence-electron chi connectivity index (χ0n) is 20.7. The van der Waals surface area contributed by atoms with Crippen molar-refractivity contribution >= 4 is 25.8 Å². The van der Waals surface area contributed by atoms with Gasteiger partial charge in [0, 0.05) is 19.2 Å². The number of phenols is 1. The number of cyclic esters (lactones) is 1. The predicted octanol–water partition coefficient (Wildman–Crippen LogP) is 3.58. The van der Waals surface area contributed by atoms with Gasteiger partial charge in [-0.2, -0.15) is 0 Å². The Morgan fingerprint density at radius 1 is 1.14 bits per heavy atom. The van der Waals surface area contributed by atoms with Crippen molar-refractivity contribution in [3.8, 4) is 11.5 Å². The smallest absolute Gasteiger partial charge is 0.507 e. The van der Waals surface area contributed by atoms with E-state index in [4.69, 9.17) is 9.57 Å². The summed E-state index contributed by atoms with van der Waals surface area (Å²) in [5.41, 5.74) is 3.89. The predicted molar refractivity (Wildman–Crippen MR) is 135 cm³/mol. The van der Waals surface area contributed by atoms with Gasteiger partial charge in [-0.3, -0.25) is 24.9 Å². The van der Waals surface area contributed by atoms with Crippen molar-refractivity contribution in [3.63, 3.8) is 0 Å². The maximum absolute atomic E-state index is 12.8. The van der Waals surface area contributed by atoms with Gasteiger partial charge in [-0.15, -0.1) is 0 Å². The fourth-order valence-electron chi connectivity index (χ4n) is 4.01. The minimum Gasteiger partial charge on any atom is -0.507 e. The zero-order valence-corrected chi connectivity index (χ0v) is 21.6. The summed E-state index contributed by atoms with van der Waals surface area (Å²) in [6.45, 7) is 3.16. The Bertz CT molecular complexity index is 1120. The highest BCUT2D eigenvalue weighted by molar-refractivity contribution is 7.46. The number of phosphoric ester groups is 1. The number of hydrogen-bond donors (Lipinski definition) is 4. The molecule has 1 aromatic carbocycles. The first kappa shape index (κ1) is 28.5. The molecule has 2 aliphatic rings. The number of carbonyl (C=O) groups excluding carboxylic acids is 2. The Morgan fingerprint density at radius 3 is 2.59 bits per heavy atom. The molecule has 1 amide bonds. The molecule has 0 unspecified atom stereocenters. The van der Waals surface area contributed by atoms with E-state index in [1.807, 2.05) is 19.1 Å². The molecule has 0 saturated carbocycles. The molecule has 2 heterocycles. The number of allylic oxidation sites excluding steroid dienone is 3. The number of phenolic OH excluding ortho intramolecular Hbond substituents is 1. The Kier molecular flexibility index (Phi) is 10.3. The molecule has 0 radical (unpaired) electrons. The maximum atomic E-state index is 12.8. The molecule has 202 valence electrons. The minimum absolute atomic E-state index is 0.0681. The third-order valence-corrected chi connectivity index (χ3v) is 6.20. The number of esters is 1. The molecular formula is C25H33N2O9P. The number of likely N-dealkylation sites (tertiary alicyclic amines) is 1. The second kappa shape index (κ2) is 13.4. The van der Waals surface area contributed by atoms with E-state index < -0.39 is 19.5 Å². The number of benzene rings is 1. The van der Waals surface area contributed by atoms with Crippen molar-refractivity contribution in [2.24, 2.45) is 0 Å². The summed E-state index contributed by atoms with van der Waals surface area (Å²) in [7, 11) is -4.93. The van der Waals surface area contributed by atoms with Gasteiger partial charge in [0.05, 0.1) is 12.3 Å². The van der Waals surface area contributed by atoms with Crippen molar-refractivity contribution < 1.29 is 43.1 Å². The summed E-state index contributed by atoms with van der Waals surface area (Å²) < 4.78 is 21.3. The number of piperidine rings is 1. The van der Waals surface area contributed by atoms with Crippen LogP contribution >= 0.6 is 7.82 Å². The first-order chi connectivity index (χ1) is 17.6. The van der Waals surface area contributed by atoms with Crippen LogP contribution < -0.4 is 10.0 Å². The molecule has 12 heteroatoms. The number of amides is 1. The van der Waals surface area contributed by atoms with Gasteiger partial charge in [0.1, 0.15) is 17.1 Å². The molecule has 0 atom stereocenters. The molecule has 0 spiro atoms. The Hall–Kier alpha value is -3.11. The largest absolute Gasteiger partial charge is 0.524 e. The van der Waals surface area contributed by atoms with Crippen LogP contribution in [0.5, 0.6) is 11.5 Å². The number of ether oxygens (including phenoxy) is 1. The van der Waals surface area contributed by atoms with Crippen molar-refractivity contribution in [1.29, 1.82) is 0 Å². The minimum atomic E-state index is -4.93. The number of nitrogens with one attached hydrogen (secondary N) is 1. The lowest BCUT2D eigenvalue weighted by Crippen LogP contribution is -2.39. The number of fused-ring (bicyclic) bond motifs is 1. The van der Waals surface area contributed by atoms with Gasteiger partial charge in [-0.05, 0) is 69.2 Å². The van der Waals surface area contributed by atoms with Crippen molar-refractivity contribution in [2.45, 2.75) is 45.4 Å². The average molecular weight is 537 g/mol. The van der Waals surface area contributed by atoms with Gasteiger partial charge in [-0.1, -0.05) is 17.7 Å². The summed E-state index contributed by atoms with van der Waals surface area (Å²) >= 11 is 0. The summed E-state index contributed by atoms with van der Waals surface area (Å²) in [5.74, 6) is -1.90. The first-order valence-corrected chi connectivity index (χ1v) is 13.6. The zero-order chi connectivity index (χ0) is 26.8. The van der Waals surface area contributed by atoms with Crippen LogP contribution in [-0.2, 0) is 18.9 Å². The van der Waals surface area contributed by atoms with Gasteiger partial charge in [0.15, 0.2) is 6.61 Å². The normalized spacial score (nSPS) is 20.4.